The van der Waals surface area contributed by atoms with Crippen LogP contribution in [0.3, 0.4) is 0 Å². The van der Waals surface area contributed by atoms with Crippen LogP contribution in [-0.2, 0) is 4.74 Å². The third-order valence-electron chi connectivity index (χ3n) is 3.31. The van der Waals surface area contributed by atoms with Gasteiger partial charge >= 0.3 is 6.09 Å². The van der Waals surface area contributed by atoms with E-state index in [4.69, 9.17) is 10.5 Å². The molecule has 1 unspecified atom stereocenters. The minimum Gasteiger partial charge on any atom is -0.444 e. The van der Waals surface area contributed by atoms with Crippen molar-refractivity contribution in [3.05, 3.63) is 0 Å². The fraction of sp³-hybridized carbons (Fsp3) is 0.929. The smallest absolute Gasteiger partial charge is 0.407 e. The van der Waals surface area contributed by atoms with Crippen LogP contribution in [0.4, 0.5) is 4.79 Å². The van der Waals surface area contributed by atoms with E-state index < -0.39 is 5.60 Å². The van der Waals surface area contributed by atoms with Crippen LogP contribution < -0.4 is 16.4 Å². The highest BCUT2D eigenvalue weighted by Crippen LogP contribution is 2.17. The van der Waals surface area contributed by atoms with Gasteiger partial charge in [-0.05, 0) is 39.5 Å². The minimum absolute atomic E-state index is 0.0756. The zero-order chi connectivity index (χ0) is 14.6. The van der Waals surface area contributed by atoms with Gasteiger partial charge in [-0.1, -0.05) is 13.8 Å². The van der Waals surface area contributed by atoms with Gasteiger partial charge in [0, 0.05) is 24.7 Å². The number of carbonyl (C=O) groups is 1. The molecule has 1 rings (SSSR count). The predicted molar refractivity (Wildman–Crippen MR) is 77.0 cm³/mol. The van der Waals surface area contributed by atoms with E-state index in [1.165, 1.54) is 0 Å². The van der Waals surface area contributed by atoms with Gasteiger partial charge in [0.2, 0.25) is 0 Å². The van der Waals surface area contributed by atoms with Crippen LogP contribution in [0.15, 0.2) is 0 Å². The molecular formula is C14H29N3O2. The number of nitrogens with one attached hydrogen (secondary N) is 2. The summed E-state index contributed by atoms with van der Waals surface area (Å²) in [6.45, 7) is 10.5. The van der Waals surface area contributed by atoms with Crippen molar-refractivity contribution in [3.8, 4) is 0 Å². The van der Waals surface area contributed by atoms with E-state index in [1.807, 2.05) is 20.8 Å². The number of nitrogens with two attached hydrogens (primary N) is 1. The van der Waals surface area contributed by atoms with Gasteiger partial charge in [0.1, 0.15) is 5.60 Å². The molecule has 0 aromatic carbocycles. The summed E-state index contributed by atoms with van der Waals surface area (Å²) in [6.07, 6.45) is 1.70. The number of hydrogen-bond donors (Lipinski definition) is 3. The number of amides is 1. The minimum atomic E-state index is -0.459. The SMILES string of the molecule is CC(C)C(CNC1CC(N)C1)NC(=O)OC(C)(C)C. The molecule has 1 amide bonds. The standard InChI is InChI=1S/C14H29N3O2/c1-9(2)12(8-16-11-6-10(15)7-11)17-13(18)19-14(3,4)5/h9-12,16H,6-8,15H2,1-5H3,(H,17,18). The van der Waals surface area contributed by atoms with E-state index in [0.29, 0.717) is 18.0 Å². The molecule has 0 radical (unpaired) electrons. The van der Waals surface area contributed by atoms with Crippen molar-refractivity contribution in [1.29, 1.82) is 0 Å². The lowest BCUT2D eigenvalue weighted by atomic mass is 9.87. The zero-order valence-electron chi connectivity index (χ0n) is 12.8. The maximum absolute atomic E-state index is 11.8. The second kappa shape index (κ2) is 6.57. The van der Waals surface area contributed by atoms with E-state index >= 15 is 0 Å². The molecule has 1 aliphatic carbocycles. The van der Waals surface area contributed by atoms with Gasteiger partial charge in [-0.3, -0.25) is 0 Å². The first-order valence-corrected chi connectivity index (χ1v) is 7.16. The monoisotopic (exact) mass is 271 g/mol. The molecule has 5 nitrogen and oxygen atoms in total. The molecule has 1 saturated carbocycles. The Labute approximate surface area is 116 Å². The van der Waals surface area contributed by atoms with Gasteiger partial charge < -0.3 is 21.1 Å². The summed E-state index contributed by atoms with van der Waals surface area (Å²) in [5.41, 5.74) is 5.30. The van der Waals surface area contributed by atoms with Crippen molar-refractivity contribution in [2.75, 3.05) is 6.54 Å². The van der Waals surface area contributed by atoms with Gasteiger partial charge in [0.15, 0.2) is 0 Å². The number of ether oxygens (including phenoxy) is 1. The normalized spacial score (nSPS) is 24.8. The maximum atomic E-state index is 11.8. The molecule has 0 aliphatic heterocycles. The Morgan fingerprint density at radius 2 is 1.95 bits per heavy atom. The van der Waals surface area contributed by atoms with Crippen LogP contribution in [0, 0.1) is 5.92 Å². The second-order valence-corrected chi connectivity index (χ2v) is 6.83. The maximum Gasteiger partial charge on any atom is 0.407 e. The fourth-order valence-electron chi connectivity index (χ4n) is 2.03. The molecular weight excluding hydrogens is 242 g/mol. The third-order valence-corrected chi connectivity index (χ3v) is 3.31. The van der Waals surface area contributed by atoms with Crippen molar-refractivity contribution in [2.45, 2.75) is 71.2 Å². The van der Waals surface area contributed by atoms with Gasteiger partial charge in [-0.15, -0.1) is 0 Å². The highest BCUT2D eigenvalue weighted by molar-refractivity contribution is 5.68. The van der Waals surface area contributed by atoms with E-state index in [-0.39, 0.29) is 12.1 Å². The van der Waals surface area contributed by atoms with Gasteiger partial charge in [-0.25, -0.2) is 4.79 Å². The van der Waals surface area contributed by atoms with E-state index in [9.17, 15) is 4.79 Å². The number of rotatable bonds is 5. The molecule has 19 heavy (non-hydrogen) atoms. The lowest BCUT2D eigenvalue weighted by Crippen LogP contribution is -2.54. The summed E-state index contributed by atoms with van der Waals surface area (Å²) in [5.74, 6) is 0.355. The summed E-state index contributed by atoms with van der Waals surface area (Å²) >= 11 is 0. The largest absolute Gasteiger partial charge is 0.444 e. The van der Waals surface area contributed by atoms with Crippen LogP contribution in [-0.4, -0.2) is 36.4 Å². The topological polar surface area (TPSA) is 76.4 Å². The summed E-state index contributed by atoms with van der Waals surface area (Å²) in [6, 6.07) is 0.914. The van der Waals surface area contributed by atoms with Crippen molar-refractivity contribution in [1.82, 2.24) is 10.6 Å². The zero-order valence-corrected chi connectivity index (χ0v) is 12.8. The molecule has 0 aromatic heterocycles. The Morgan fingerprint density at radius 1 is 1.37 bits per heavy atom. The molecule has 1 aliphatic rings. The molecule has 0 saturated heterocycles. The Bertz CT molecular complexity index is 294. The number of alkyl carbamates (subject to hydrolysis) is 1. The first kappa shape index (κ1) is 16.2. The van der Waals surface area contributed by atoms with Crippen molar-refractivity contribution < 1.29 is 9.53 Å². The van der Waals surface area contributed by atoms with E-state index in [1.54, 1.807) is 0 Å². The van der Waals surface area contributed by atoms with Gasteiger partial charge in [0.25, 0.3) is 0 Å². The van der Waals surface area contributed by atoms with Gasteiger partial charge in [0.05, 0.1) is 0 Å². The molecule has 0 bridgehead atoms. The average Bonchev–Trinajstić information content (AvgIpc) is 2.17. The summed E-state index contributed by atoms with van der Waals surface area (Å²) < 4.78 is 5.28. The van der Waals surface area contributed by atoms with Crippen LogP contribution in [0.5, 0.6) is 0 Å². The quantitative estimate of drug-likeness (QED) is 0.710. The molecule has 1 atom stereocenters. The molecule has 0 spiro atoms. The van der Waals surface area contributed by atoms with Crippen molar-refractivity contribution in [2.24, 2.45) is 11.7 Å². The summed E-state index contributed by atoms with van der Waals surface area (Å²) in [7, 11) is 0. The Hall–Kier alpha value is -0.810. The molecule has 112 valence electrons. The summed E-state index contributed by atoms with van der Waals surface area (Å²) in [5, 5.41) is 6.38. The Morgan fingerprint density at radius 3 is 2.37 bits per heavy atom. The van der Waals surface area contributed by atoms with E-state index in [2.05, 4.69) is 24.5 Å². The first-order chi connectivity index (χ1) is 8.67. The lowest BCUT2D eigenvalue weighted by molar-refractivity contribution is 0.0487. The molecule has 0 aromatic rings. The Kier molecular flexibility index (Phi) is 5.62. The number of hydrogen-bond acceptors (Lipinski definition) is 4. The van der Waals surface area contributed by atoms with Crippen LogP contribution in [0.2, 0.25) is 0 Å². The third kappa shape index (κ3) is 6.25. The highest BCUT2D eigenvalue weighted by atomic mass is 16.6. The number of carbonyl (C=O) groups excluding carboxylic acids is 1. The van der Waals surface area contributed by atoms with Crippen LogP contribution in [0.1, 0.15) is 47.5 Å². The Balaban J connectivity index is 2.33. The molecule has 1 fully saturated rings. The van der Waals surface area contributed by atoms with Crippen molar-refractivity contribution in [3.63, 3.8) is 0 Å². The van der Waals surface area contributed by atoms with Crippen LogP contribution >= 0.6 is 0 Å². The van der Waals surface area contributed by atoms with Crippen LogP contribution in [0.25, 0.3) is 0 Å². The lowest BCUT2D eigenvalue weighted by Gasteiger charge is -2.35. The second-order valence-electron chi connectivity index (χ2n) is 6.83. The average molecular weight is 271 g/mol. The van der Waals surface area contributed by atoms with Gasteiger partial charge in [-0.2, -0.15) is 0 Å². The molecule has 0 heterocycles. The highest BCUT2D eigenvalue weighted by Gasteiger charge is 2.27. The van der Waals surface area contributed by atoms with E-state index in [0.717, 1.165) is 19.4 Å². The predicted octanol–water partition coefficient (Wildman–Crippen LogP) is 1.61. The molecule has 5 heteroatoms. The fourth-order valence-corrected chi connectivity index (χ4v) is 2.03. The van der Waals surface area contributed by atoms with Crippen molar-refractivity contribution >= 4 is 6.09 Å². The molecule has 4 N–H and O–H groups in total. The first-order valence-electron chi connectivity index (χ1n) is 7.16. The summed E-state index contributed by atoms with van der Waals surface area (Å²) in [4.78, 5) is 11.8.